The number of fused-ring (bicyclic) bond motifs is 1. The summed E-state index contributed by atoms with van der Waals surface area (Å²) in [6, 6.07) is 13.7. The Morgan fingerprint density at radius 2 is 1.94 bits per heavy atom. The standard InChI is InChI=1S/C25H25N3O4S/c1-16-27-21(15-33-16)18-4-2-17(3-5-18)8-9-26-25(30)19-12-24(29)28(14-19)20-6-7-22-23(13-20)32-11-10-31-22/h2-7,13,15,19H,8-12,14H2,1H3,(H,26,30). The average molecular weight is 464 g/mol. The molecular weight excluding hydrogens is 438 g/mol. The van der Waals surface area contributed by atoms with Gasteiger partial charge in [-0.1, -0.05) is 24.3 Å². The number of carbonyl (C=O) groups is 2. The van der Waals surface area contributed by atoms with Gasteiger partial charge in [-0.15, -0.1) is 11.3 Å². The van der Waals surface area contributed by atoms with Crippen molar-refractivity contribution in [2.24, 2.45) is 5.92 Å². The van der Waals surface area contributed by atoms with Crippen molar-refractivity contribution in [1.82, 2.24) is 10.3 Å². The van der Waals surface area contributed by atoms with E-state index in [1.807, 2.05) is 25.1 Å². The molecule has 2 aliphatic heterocycles. The van der Waals surface area contributed by atoms with Crippen molar-refractivity contribution >= 4 is 28.8 Å². The Bertz CT molecular complexity index is 1170. The maximum Gasteiger partial charge on any atom is 0.227 e. The highest BCUT2D eigenvalue weighted by molar-refractivity contribution is 7.09. The second-order valence-corrected chi connectivity index (χ2v) is 9.29. The molecule has 0 saturated carbocycles. The number of amides is 2. The van der Waals surface area contributed by atoms with Crippen LogP contribution >= 0.6 is 11.3 Å². The molecule has 2 amide bonds. The summed E-state index contributed by atoms with van der Waals surface area (Å²) < 4.78 is 11.2. The lowest BCUT2D eigenvalue weighted by molar-refractivity contribution is -0.126. The molecule has 0 spiro atoms. The molecule has 3 heterocycles. The maximum atomic E-state index is 12.7. The van der Waals surface area contributed by atoms with Crippen LogP contribution in [0.4, 0.5) is 5.69 Å². The van der Waals surface area contributed by atoms with Crippen molar-refractivity contribution in [3.8, 4) is 22.8 Å². The number of benzene rings is 2. The van der Waals surface area contributed by atoms with E-state index in [1.54, 1.807) is 16.2 Å². The first-order valence-corrected chi connectivity index (χ1v) is 11.9. The van der Waals surface area contributed by atoms with Crippen LogP contribution in [0.1, 0.15) is 17.0 Å². The predicted octanol–water partition coefficient (Wildman–Crippen LogP) is 3.60. The summed E-state index contributed by atoms with van der Waals surface area (Å²) in [7, 11) is 0. The van der Waals surface area contributed by atoms with Crippen LogP contribution in [0.3, 0.4) is 0 Å². The Balaban J connectivity index is 1.14. The summed E-state index contributed by atoms with van der Waals surface area (Å²) in [5.74, 6) is 0.815. The van der Waals surface area contributed by atoms with E-state index in [1.165, 1.54) is 0 Å². The molecule has 8 heteroatoms. The molecule has 3 aromatic rings. The number of hydrogen-bond donors (Lipinski definition) is 1. The molecule has 170 valence electrons. The Hall–Kier alpha value is -3.39. The third-order valence-corrected chi connectivity index (χ3v) is 6.69. The van der Waals surface area contributed by atoms with Gasteiger partial charge in [0.1, 0.15) is 13.2 Å². The number of anilines is 1. The van der Waals surface area contributed by atoms with Gasteiger partial charge in [-0.25, -0.2) is 4.98 Å². The minimum Gasteiger partial charge on any atom is -0.486 e. The number of nitrogens with zero attached hydrogens (tertiary/aromatic N) is 2. The van der Waals surface area contributed by atoms with E-state index in [9.17, 15) is 9.59 Å². The van der Waals surface area contributed by atoms with E-state index in [4.69, 9.17) is 9.47 Å². The smallest absolute Gasteiger partial charge is 0.227 e. The van der Waals surface area contributed by atoms with Crippen molar-refractivity contribution in [1.29, 1.82) is 0 Å². The molecule has 33 heavy (non-hydrogen) atoms. The van der Waals surface area contributed by atoms with E-state index in [2.05, 4.69) is 39.9 Å². The predicted molar refractivity (Wildman–Crippen MR) is 127 cm³/mol. The van der Waals surface area contributed by atoms with Gasteiger partial charge in [0, 0.05) is 42.2 Å². The maximum absolute atomic E-state index is 12.7. The molecule has 2 aromatic carbocycles. The van der Waals surface area contributed by atoms with Crippen LogP contribution in [0.2, 0.25) is 0 Å². The van der Waals surface area contributed by atoms with Gasteiger partial charge < -0.3 is 19.7 Å². The monoisotopic (exact) mass is 463 g/mol. The van der Waals surface area contributed by atoms with Crippen LogP contribution in [0.5, 0.6) is 11.5 Å². The minimum atomic E-state index is -0.360. The summed E-state index contributed by atoms with van der Waals surface area (Å²) in [6.07, 6.45) is 0.941. The fourth-order valence-electron chi connectivity index (χ4n) is 4.15. The van der Waals surface area contributed by atoms with Crippen molar-refractivity contribution in [3.63, 3.8) is 0 Å². The molecule has 0 aliphatic carbocycles. The third kappa shape index (κ3) is 4.71. The summed E-state index contributed by atoms with van der Waals surface area (Å²) in [5.41, 5.74) is 3.96. The number of hydrogen-bond acceptors (Lipinski definition) is 6. The normalized spacial score (nSPS) is 17.3. The summed E-state index contributed by atoms with van der Waals surface area (Å²) in [5, 5.41) is 6.10. The van der Waals surface area contributed by atoms with Crippen LogP contribution < -0.4 is 19.7 Å². The average Bonchev–Trinajstić information content (AvgIpc) is 3.45. The largest absolute Gasteiger partial charge is 0.486 e. The lowest BCUT2D eigenvalue weighted by Crippen LogP contribution is -2.34. The van der Waals surface area contributed by atoms with Gasteiger partial charge in [0.25, 0.3) is 0 Å². The summed E-state index contributed by atoms with van der Waals surface area (Å²) in [6.45, 7) is 3.91. The molecule has 2 aliphatic rings. The SMILES string of the molecule is Cc1nc(-c2ccc(CCNC(=O)C3CC(=O)N(c4ccc5c(c4)OCCO5)C3)cc2)cs1. The molecule has 7 nitrogen and oxygen atoms in total. The van der Waals surface area contributed by atoms with E-state index >= 15 is 0 Å². The van der Waals surface area contributed by atoms with Crippen LogP contribution in [0.15, 0.2) is 47.8 Å². The first-order chi connectivity index (χ1) is 16.1. The highest BCUT2D eigenvalue weighted by atomic mass is 32.1. The van der Waals surface area contributed by atoms with Crippen molar-refractivity contribution in [2.75, 3.05) is 31.2 Å². The highest BCUT2D eigenvalue weighted by Gasteiger charge is 2.35. The first kappa shape index (κ1) is 21.5. The Labute approximate surface area is 196 Å². The first-order valence-electron chi connectivity index (χ1n) is 11.1. The third-order valence-electron chi connectivity index (χ3n) is 5.91. The Morgan fingerprint density at radius 3 is 2.70 bits per heavy atom. The van der Waals surface area contributed by atoms with Gasteiger partial charge >= 0.3 is 0 Å². The topological polar surface area (TPSA) is 80.8 Å². The van der Waals surface area contributed by atoms with Crippen LogP contribution in [-0.2, 0) is 16.0 Å². The number of ether oxygens (including phenoxy) is 2. The quantitative estimate of drug-likeness (QED) is 0.604. The molecule has 0 bridgehead atoms. The fraction of sp³-hybridized carbons (Fsp3) is 0.320. The molecular formula is C25H25N3O4S. The number of thiazole rings is 1. The zero-order chi connectivity index (χ0) is 22.8. The Kier molecular flexibility index (Phi) is 6.00. The van der Waals surface area contributed by atoms with Gasteiger partial charge in [-0.05, 0) is 31.0 Å². The van der Waals surface area contributed by atoms with E-state index in [0.29, 0.717) is 37.8 Å². The molecule has 1 fully saturated rings. The molecule has 1 N–H and O–H groups in total. The van der Waals surface area contributed by atoms with E-state index in [-0.39, 0.29) is 24.2 Å². The molecule has 0 radical (unpaired) electrons. The second kappa shape index (κ2) is 9.23. The van der Waals surface area contributed by atoms with Crippen molar-refractivity contribution in [2.45, 2.75) is 19.8 Å². The zero-order valence-electron chi connectivity index (χ0n) is 18.4. The molecule has 1 saturated heterocycles. The van der Waals surface area contributed by atoms with Crippen molar-refractivity contribution in [3.05, 3.63) is 58.4 Å². The second-order valence-electron chi connectivity index (χ2n) is 8.22. The lowest BCUT2D eigenvalue weighted by atomic mass is 10.1. The number of carbonyl (C=O) groups excluding carboxylic acids is 2. The van der Waals surface area contributed by atoms with Gasteiger partial charge in [-0.3, -0.25) is 9.59 Å². The highest BCUT2D eigenvalue weighted by Crippen LogP contribution is 2.36. The van der Waals surface area contributed by atoms with Crippen LogP contribution in [0.25, 0.3) is 11.3 Å². The minimum absolute atomic E-state index is 0.0558. The van der Waals surface area contributed by atoms with Gasteiger partial charge in [0.2, 0.25) is 11.8 Å². The fourth-order valence-corrected chi connectivity index (χ4v) is 4.77. The number of aromatic nitrogens is 1. The summed E-state index contributed by atoms with van der Waals surface area (Å²) in [4.78, 5) is 31.4. The molecule has 5 rings (SSSR count). The number of nitrogens with one attached hydrogen (secondary N) is 1. The number of aryl methyl sites for hydroxylation is 1. The molecule has 1 atom stereocenters. The molecule has 1 unspecified atom stereocenters. The zero-order valence-corrected chi connectivity index (χ0v) is 19.2. The number of rotatable bonds is 6. The van der Waals surface area contributed by atoms with Gasteiger partial charge in [0.05, 0.1) is 16.6 Å². The van der Waals surface area contributed by atoms with Gasteiger partial charge in [-0.2, -0.15) is 0 Å². The Morgan fingerprint density at radius 1 is 1.15 bits per heavy atom. The lowest BCUT2D eigenvalue weighted by Gasteiger charge is -2.22. The summed E-state index contributed by atoms with van der Waals surface area (Å²) >= 11 is 1.64. The van der Waals surface area contributed by atoms with Gasteiger partial charge in [0.15, 0.2) is 11.5 Å². The molecule has 1 aromatic heterocycles. The van der Waals surface area contributed by atoms with Crippen LogP contribution in [-0.4, -0.2) is 43.1 Å². The van der Waals surface area contributed by atoms with Crippen LogP contribution in [0, 0.1) is 12.8 Å². The van der Waals surface area contributed by atoms with E-state index < -0.39 is 0 Å². The van der Waals surface area contributed by atoms with Crippen molar-refractivity contribution < 1.29 is 19.1 Å². The van der Waals surface area contributed by atoms with E-state index in [0.717, 1.165) is 33.9 Å².